The number of nitrogens with one attached hydrogen (secondary N) is 2. The van der Waals surface area contributed by atoms with Crippen LogP contribution in [0.5, 0.6) is 5.75 Å². The third kappa shape index (κ3) is 5.14. The average Bonchev–Trinajstić information content (AvgIpc) is 2.92. The number of fused-ring (bicyclic) bond motifs is 1. The Kier molecular flexibility index (Phi) is 5.92. The lowest BCUT2D eigenvalue weighted by Gasteiger charge is -2.13. The fourth-order valence-corrected chi connectivity index (χ4v) is 3.85. The number of para-hydroxylation sites is 1. The van der Waals surface area contributed by atoms with Crippen molar-refractivity contribution in [3.05, 3.63) is 56.4 Å². The summed E-state index contributed by atoms with van der Waals surface area (Å²) in [4.78, 5) is 33.1. The van der Waals surface area contributed by atoms with Gasteiger partial charge < -0.3 is 15.0 Å². The highest BCUT2D eigenvalue weighted by Crippen LogP contribution is 2.27. The van der Waals surface area contributed by atoms with E-state index in [0.29, 0.717) is 16.0 Å². The number of halogens is 3. The smallest absolute Gasteiger partial charge is 0.405 e. The molecule has 0 spiro atoms. The van der Waals surface area contributed by atoms with Crippen LogP contribution in [-0.4, -0.2) is 22.2 Å². The summed E-state index contributed by atoms with van der Waals surface area (Å²) in [5, 5.41) is 3.11. The number of ether oxygens (including phenoxy) is 1. The number of aromatic amines is 1. The van der Waals surface area contributed by atoms with Crippen molar-refractivity contribution in [1.29, 1.82) is 0 Å². The van der Waals surface area contributed by atoms with Gasteiger partial charge in [-0.15, -0.1) is 24.5 Å². The van der Waals surface area contributed by atoms with Gasteiger partial charge in [-0.3, -0.25) is 9.59 Å². The molecule has 2 heterocycles. The number of amides is 1. The van der Waals surface area contributed by atoms with Crippen LogP contribution in [0.15, 0.2) is 29.1 Å². The minimum Gasteiger partial charge on any atom is -0.405 e. The molecule has 1 amide bonds. The Morgan fingerprint density at radius 2 is 2.00 bits per heavy atom. The first-order chi connectivity index (χ1) is 13.6. The highest BCUT2D eigenvalue weighted by molar-refractivity contribution is 7.18. The zero-order valence-electron chi connectivity index (χ0n) is 15.6. The maximum atomic E-state index is 12.5. The summed E-state index contributed by atoms with van der Waals surface area (Å²) in [5.74, 6) is -0.354. The topological polar surface area (TPSA) is 84.1 Å². The summed E-state index contributed by atoms with van der Waals surface area (Å²) in [6, 6.07) is 5.60. The van der Waals surface area contributed by atoms with Gasteiger partial charge in [-0.05, 0) is 25.5 Å². The maximum absolute atomic E-state index is 12.5. The van der Waals surface area contributed by atoms with Crippen molar-refractivity contribution >= 4 is 27.5 Å². The fraction of sp³-hybridized carbons (Fsp3) is 0.316. The van der Waals surface area contributed by atoms with E-state index in [1.54, 1.807) is 6.07 Å². The number of rotatable bonds is 6. The summed E-state index contributed by atoms with van der Waals surface area (Å²) in [6.45, 7) is 3.66. The Hall–Kier alpha value is -2.88. The van der Waals surface area contributed by atoms with E-state index in [2.05, 4.69) is 20.0 Å². The number of aromatic nitrogens is 2. The van der Waals surface area contributed by atoms with E-state index in [9.17, 15) is 22.8 Å². The molecule has 0 saturated carbocycles. The Morgan fingerprint density at radius 1 is 1.28 bits per heavy atom. The number of benzene rings is 1. The molecule has 0 radical (unpaired) electrons. The molecule has 1 aromatic carbocycles. The van der Waals surface area contributed by atoms with Crippen LogP contribution in [0, 0.1) is 13.8 Å². The molecule has 0 aliphatic carbocycles. The zero-order valence-corrected chi connectivity index (χ0v) is 16.5. The summed E-state index contributed by atoms with van der Waals surface area (Å²) in [5.41, 5.74) is 0.851. The van der Waals surface area contributed by atoms with E-state index in [1.807, 2.05) is 13.8 Å². The van der Waals surface area contributed by atoms with Gasteiger partial charge in [-0.2, -0.15) is 0 Å². The van der Waals surface area contributed by atoms with Gasteiger partial charge in [0.1, 0.15) is 16.4 Å². The van der Waals surface area contributed by atoms with Crippen molar-refractivity contribution in [3.8, 4) is 5.75 Å². The van der Waals surface area contributed by atoms with E-state index < -0.39 is 6.36 Å². The SMILES string of the molecule is Cc1sc2nc(CCC(=O)NCc3ccccc3OC(F)(F)F)[nH]c(=O)c2c1C. The number of hydrogen-bond acceptors (Lipinski definition) is 5. The molecule has 0 aliphatic rings. The summed E-state index contributed by atoms with van der Waals surface area (Å²) < 4.78 is 41.3. The standard InChI is InChI=1S/C19H18F3N3O3S/c1-10-11(2)29-18-16(10)17(27)24-14(25-18)7-8-15(26)23-9-12-5-3-4-6-13(12)28-19(20,21)22/h3-6H,7-9H2,1-2H3,(H,23,26)(H,24,25,27). The zero-order chi connectivity index (χ0) is 21.2. The summed E-state index contributed by atoms with van der Waals surface area (Å²) in [6.07, 6.45) is -4.58. The molecule has 0 saturated heterocycles. The van der Waals surface area contributed by atoms with Crippen LogP contribution in [-0.2, 0) is 17.8 Å². The normalized spacial score (nSPS) is 11.6. The molecule has 0 fully saturated rings. The first-order valence-corrected chi connectivity index (χ1v) is 9.55. The maximum Gasteiger partial charge on any atom is 0.573 e. The molecule has 3 rings (SSSR count). The molecular formula is C19H18F3N3O3S. The Bertz CT molecular complexity index is 1110. The second kappa shape index (κ2) is 8.24. The molecule has 2 N–H and O–H groups in total. The van der Waals surface area contributed by atoms with Gasteiger partial charge >= 0.3 is 6.36 Å². The van der Waals surface area contributed by atoms with Crippen LogP contribution in [0.4, 0.5) is 13.2 Å². The largest absolute Gasteiger partial charge is 0.573 e. The Morgan fingerprint density at radius 3 is 2.72 bits per heavy atom. The summed E-state index contributed by atoms with van der Waals surface area (Å²) >= 11 is 1.42. The van der Waals surface area contributed by atoms with Crippen molar-refractivity contribution in [1.82, 2.24) is 15.3 Å². The van der Waals surface area contributed by atoms with Gasteiger partial charge in [0.25, 0.3) is 5.56 Å². The van der Waals surface area contributed by atoms with Gasteiger partial charge in [0.2, 0.25) is 5.91 Å². The van der Waals surface area contributed by atoms with Crippen LogP contribution in [0.3, 0.4) is 0 Å². The predicted molar refractivity (Wildman–Crippen MR) is 103 cm³/mol. The summed E-state index contributed by atoms with van der Waals surface area (Å²) in [7, 11) is 0. The second-order valence-corrected chi connectivity index (χ2v) is 7.61. The van der Waals surface area contributed by atoms with Crippen molar-refractivity contribution in [2.45, 2.75) is 39.6 Å². The minimum absolute atomic E-state index is 0.0279. The monoisotopic (exact) mass is 425 g/mol. The van der Waals surface area contributed by atoms with Crippen molar-refractivity contribution in [2.24, 2.45) is 0 Å². The van der Waals surface area contributed by atoms with Crippen LogP contribution in [0.1, 0.15) is 28.2 Å². The average molecular weight is 425 g/mol. The van der Waals surface area contributed by atoms with Gasteiger partial charge in [-0.1, -0.05) is 18.2 Å². The van der Waals surface area contributed by atoms with Crippen molar-refractivity contribution < 1.29 is 22.7 Å². The number of carbonyl (C=O) groups is 1. The molecule has 154 valence electrons. The Labute approximate surface area is 167 Å². The highest BCUT2D eigenvalue weighted by Gasteiger charge is 2.32. The number of H-pyrrole nitrogens is 1. The number of hydrogen-bond donors (Lipinski definition) is 2. The Balaban J connectivity index is 1.61. The number of aryl methyl sites for hydroxylation is 3. The molecule has 29 heavy (non-hydrogen) atoms. The quantitative estimate of drug-likeness (QED) is 0.630. The number of carbonyl (C=O) groups excluding carboxylic acids is 1. The minimum atomic E-state index is -4.81. The van der Waals surface area contributed by atoms with Crippen molar-refractivity contribution in [2.75, 3.05) is 0 Å². The molecule has 3 aromatic rings. The first-order valence-electron chi connectivity index (χ1n) is 8.73. The number of alkyl halides is 3. The van der Waals surface area contributed by atoms with E-state index in [0.717, 1.165) is 10.4 Å². The molecule has 6 nitrogen and oxygen atoms in total. The predicted octanol–water partition coefficient (Wildman–Crippen LogP) is 3.75. The van der Waals surface area contributed by atoms with Gasteiger partial charge in [0.15, 0.2) is 0 Å². The van der Waals surface area contributed by atoms with Crippen LogP contribution in [0.25, 0.3) is 10.2 Å². The van der Waals surface area contributed by atoms with E-state index in [-0.39, 0.29) is 42.2 Å². The highest BCUT2D eigenvalue weighted by atomic mass is 32.1. The molecule has 10 heteroatoms. The van der Waals surface area contributed by atoms with E-state index in [1.165, 1.54) is 29.5 Å². The molecule has 0 unspecified atom stereocenters. The molecule has 0 atom stereocenters. The third-order valence-corrected chi connectivity index (χ3v) is 5.45. The van der Waals surface area contributed by atoms with Crippen molar-refractivity contribution in [3.63, 3.8) is 0 Å². The van der Waals surface area contributed by atoms with Gasteiger partial charge in [0.05, 0.1) is 5.39 Å². The van der Waals surface area contributed by atoms with Crippen LogP contribution >= 0.6 is 11.3 Å². The molecule has 0 bridgehead atoms. The first kappa shape index (κ1) is 20.8. The van der Waals surface area contributed by atoms with Gasteiger partial charge in [0, 0.05) is 29.8 Å². The van der Waals surface area contributed by atoms with E-state index >= 15 is 0 Å². The second-order valence-electron chi connectivity index (χ2n) is 6.41. The van der Waals surface area contributed by atoms with Gasteiger partial charge in [-0.25, -0.2) is 4.98 Å². The van der Waals surface area contributed by atoms with Crippen LogP contribution in [0.2, 0.25) is 0 Å². The lowest BCUT2D eigenvalue weighted by molar-refractivity contribution is -0.274. The fourth-order valence-electron chi connectivity index (χ4n) is 2.81. The molecule has 0 aliphatic heterocycles. The number of nitrogens with zero attached hydrogens (tertiary/aromatic N) is 1. The lowest BCUT2D eigenvalue weighted by Crippen LogP contribution is -2.25. The molecular weight excluding hydrogens is 407 g/mol. The third-order valence-electron chi connectivity index (χ3n) is 4.35. The lowest BCUT2D eigenvalue weighted by atomic mass is 10.2. The molecule has 2 aromatic heterocycles. The van der Waals surface area contributed by atoms with Crippen LogP contribution < -0.4 is 15.6 Å². The number of thiophene rings is 1. The van der Waals surface area contributed by atoms with E-state index in [4.69, 9.17) is 0 Å².